The molecule has 2 unspecified atom stereocenters. The van der Waals surface area contributed by atoms with Crippen LogP contribution in [-0.4, -0.2) is 275 Å². The first-order valence-corrected chi connectivity index (χ1v) is 35.5. The third-order valence-electron chi connectivity index (χ3n) is 12.9. The van der Waals surface area contributed by atoms with Crippen LogP contribution < -0.4 is 4.89 Å². The normalized spacial score (nSPS) is 33.8. The Morgan fingerprint density at radius 1 is 0.483 bits per heavy atom. The van der Waals surface area contributed by atoms with Crippen LogP contribution in [0.15, 0.2) is 0 Å². The van der Waals surface area contributed by atoms with E-state index < -0.39 is 76.7 Å². The smallest absolute Gasteiger partial charge is 0.665 e. The zero-order valence-electron chi connectivity index (χ0n) is 53.5. The van der Waals surface area contributed by atoms with Gasteiger partial charge >= 0.3 is 15.4 Å². The second-order valence-electron chi connectivity index (χ2n) is 22.9. The Morgan fingerprint density at radius 2 is 0.770 bits per heavy atom. The molecule has 87 heavy (non-hydrogen) atoms. The van der Waals surface area contributed by atoms with E-state index in [2.05, 4.69) is 13.6 Å². The molecule has 6 saturated heterocycles. The maximum absolute atomic E-state index is 12.8. The van der Waals surface area contributed by atoms with Crippen molar-refractivity contribution >= 4 is 81.0 Å². The summed E-state index contributed by atoms with van der Waals surface area (Å²) in [4.78, 5) is 12.6. The lowest BCUT2D eigenvalue weighted by Crippen LogP contribution is -2.33. The van der Waals surface area contributed by atoms with E-state index >= 15 is 0 Å². The number of hydrogen-bond acceptors (Lipinski definition) is 24. The molecule has 0 aromatic heterocycles. The Balaban J connectivity index is 0.000000584. The fraction of sp³-hybridized carbons (Fsp3) is 1.00. The van der Waals surface area contributed by atoms with Crippen LogP contribution in [0.25, 0.3) is 0 Å². The first kappa shape index (κ1) is 85.6. The number of ether oxygens (including phenoxy) is 12. The largest absolute Gasteiger partial charge is 0.780 e. The maximum Gasteiger partial charge on any atom is 0.665 e. The van der Waals surface area contributed by atoms with Gasteiger partial charge in [-0.2, -0.15) is 0 Å². The minimum absolute atomic E-state index is 0. The molecule has 6 fully saturated rings. The van der Waals surface area contributed by atoms with Crippen LogP contribution in [0.5, 0.6) is 0 Å². The van der Waals surface area contributed by atoms with Crippen LogP contribution in [-0.2, 0) is 105 Å². The highest BCUT2D eigenvalue weighted by Crippen LogP contribution is 2.49. The van der Waals surface area contributed by atoms with Gasteiger partial charge in [0.05, 0.1) is 134 Å². The fourth-order valence-corrected chi connectivity index (χ4v) is 12.1. The molecule has 0 spiro atoms. The van der Waals surface area contributed by atoms with Crippen LogP contribution in [0.2, 0.25) is 0 Å². The molecule has 20 atom stereocenters. The van der Waals surface area contributed by atoms with Crippen molar-refractivity contribution in [1.82, 2.24) is 0 Å². The summed E-state index contributed by atoms with van der Waals surface area (Å²) in [6, 6.07) is -2.49. The van der Waals surface area contributed by atoms with Crippen molar-refractivity contribution in [1.29, 1.82) is 0 Å². The molecule has 6 rings (SSSR count). The molecule has 6 aliphatic heterocycles. The zero-order chi connectivity index (χ0) is 65.3. The second-order valence-corrected chi connectivity index (χ2v) is 29.6. The monoisotopic (exact) mass is 1310 g/mol. The van der Waals surface area contributed by atoms with E-state index in [1.165, 1.54) is 28.0 Å². The van der Waals surface area contributed by atoms with Gasteiger partial charge in [-0.1, -0.05) is 19.2 Å². The Hall–Kier alpha value is 0.620. The lowest BCUT2D eigenvalue weighted by molar-refractivity contribution is -0.216. The van der Waals surface area contributed by atoms with Gasteiger partial charge in [0.2, 0.25) is 0 Å². The quantitative estimate of drug-likeness (QED) is 0.0593. The molecular weight excluding hydrogens is 1210 g/mol. The van der Waals surface area contributed by atoms with E-state index in [4.69, 9.17) is 143 Å². The molecule has 12 radical (unpaired) electrons. The highest BCUT2D eigenvalue weighted by molar-refractivity contribution is 8.06. The summed E-state index contributed by atoms with van der Waals surface area (Å²) >= 11 is 5.04. The first-order valence-electron chi connectivity index (χ1n) is 29.4. The highest BCUT2D eigenvalue weighted by Gasteiger charge is 2.42. The van der Waals surface area contributed by atoms with Gasteiger partial charge in [-0.25, -0.2) is 18.1 Å². The van der Waals surface area contributed by atoms with Gasteiger partial charge in [-0.05, 0) is 122 Å². The minimum Gasteiger partial charge on any atom is -0.780 e. The van der Waals surface area contributed by atoms with Gasteiger partial charge < -0.3 is 90.0 Å². The van der Waals surface area contributed by atoms with E-state index in [-0.39, 0.29) is 125 Å². The van der Waals surface area contributed by atoms with E-state index in [1.807, 2.05) is 83.1 Å². The van der Waals surface area contributed by atoms with E-state index in [9.17, 15) is 14.6 Å². The Labute approximate surface area is 534 Å². The average Bonchev–Trinajstić information content (AvgIpc) is 2.62. The maximum atomic E-state index is 12.8. The third kappa shape index (κ3) is 35.3. The summed E-state index contributed by atoms with van der Waals surface area (Å²) < 4.78 is 124. The summed E-state index contributed by atoms with van der Waals surface area (Å²) in [6.45, 7) is 21.9. The molecule has 0 aromatic rings. The molecule has 0 amide bonds. The van der Waals surface area contributed by atoms with Crippen LogP contribution >= 0.6 is 22.1 Å². The minimum atomic E-state index is -3.77. The standard InChI is InChI=1S/C17H31B2O7P.C16H29B2O7PS.2C8H15BO3.C3H9O4P.CH4/c1-10(2)21-8-14-13(7-17(19)24-14)26-27(5,20)22-9-15-12(23-11(3)4)6-16(18)25-15;1-9(2)20-7-13-12(6-16(18)23-13)25-26(19,27)21-8-14-11(22-10(3)4)5-15(17)24-14;1-5(2)11-4-7-6(10)3-8(9)12-7;1-5(2)11-6-3-8(9)12-7(6)4-10;1-5-8(4,6-2)7-3;/h10-17H,6-9H2,1-5H3;9-16H,5-8H2,1-4H3,(H,19,27);2*5-8,10H,3-4H2,1-2H3;1-3H3;1H4/t12-,13-,14-,15-,16-,17-,27?;11-,12-,13-,14-,15-,16-,26?;2*6-,7-,8-;;/m1111../s1. The molecule has 0 bridgehead atoms. The van der Waals surface area contributed by atoms with Crippen molar-refractivity contribution in [3.8, 4) is 0 Å². The number of hydrogen-bond donors (Lipinski definition) is 2. The summed E-state index contributed by atoms with van der Waals surface area (Å²) in [5.41, 5.74) is 0. The molecule has 6 heterocycles. The molecule has 0 aliphatic carbocycles. The topological polar surface area (TPSA) is 277 Å². The molecule has 34 heteroatoms. The third-order valence-corrected chi connectivity index (χ3v) is 17.1. The average molecular weight is 1310 g/mol. The number of aliphatic hydroxyl groups is 2. The van der Waals surface area contributed by atoms with Crippen LogP contribution in [0.3, 0.4) is 0 Å². The molecule has 3 N–H and O–H groups in total. The molecule has 6 aliphatic rings. The van der Waals surface area contributed by atoms with Crippen LogP contribution in [0.4, 0.5) is 0 Å². The second kappa shape index (κ2) is 42.9. The number of aliphatic hydroxyl groups excluding tert-OH is 2. The van der Waals surface area contributed by atoms with E-state index in [0.717, 1.165) is 0 Å². The summed E-state index contributed by atoms with van der Waals surface area (Å²) in [5.74, 6) is 0. The highest BCUT2D eigenvalue weighted by atomic mass is 32.5. The van der Waals surface area contributed by atoms with Gasteiger partial charge in [0.15, 0.2) is 0 Å². The molecule has 498 valence electrons. The van der Waals surface area contributed by atoms with Crippen LogP contribution in [0.1, 0.15) is 129 Å². The summed E-state index contributed by atoms with van der Waals surface area (Å²) in [7, 11) is 32.1. The van der Waals surface area contributed by atoms with Crippen molar-refractivity contribution in [2.45, 2.75) is 275 Å². The summed E-state index contributed by atoms with van der Waals surface area (Å²) in [6.07, 6.45) is -0.634. The van der Waals surface area contributed by atoms with Crippen molar-refractivity contribution in [3.63, 3.8) is 0 Å². The van der Waals surface area contributed by atoms with Crippen molar-refractivity contribution in [3.05, 3.63) is 0 Å². The predicted molar refractivity (Wildman–Crippen MR) is 337 cm³/mol. The van der Waals surface area contributed by atoms with Crippen molar-refractivity contribution in [2.24, 2.45) is 0 Å². The van der Waals surface area contributed by atoms with Gasteiger partial charge in [-0.15, -0.1) is 0 Å². The van der Waals surface area contributed by atoms with E-state index in [0.29, 0.717) is 51.7 Å². The number of rotatable bonds is 29. The van der Waals surface area contributed by atoms with Gasteiger partial charge in [0.1, 0.15) is 90.4 Å². The van der Waals surface area contributed by atoms with Gasteiger partial charge in [0.25, 0.3) is 0 Å². The molecular formula is C53H103B6O24P3S. The molecule has 0 saturated carbocycles. The lowest BCUT2D eigenvalue weighted by Gasteiger charge is -2.33. The molecule has 24 nitrogen and oxygen atoms in total. The van der Waals surface area contributed by atoms with Gasteiger partial charge in [-0.3, -0.25) is 4.57 Å². The van der Waals surface area contributed by atoms with Gasteiger partial charge in [0, 0.05) is 42.7 Å². The first-order chi connectivity index (χ1) is 40.0. The fourth-order valence-electron chi connectivity index (χ4n) is 9.03. The Bertz CT molecular complexity index is 1870. The Kier molecular flexibility index (Phi) is 42.3. The molecule has 0 aromatic carbocycles. The van der Waals surface area contributed by atoms with Crippen LogP contribution in [0, 0.1) is 0 Å². The SMILES string of the molecule is C.COP(=[OH+])(OC)OC.[B][C@H]1C[C@@H](O)[C@@H](COC(C)C)O1.[B][C@H]1C[C@@H](OC(C)C)[C@@H](CO)O1.[B][C@H]1C[C@@H](OC(C)C)[C@@H](COP(C)(=O)O[C@@H]2C[C@H]([B])O[C@@H]2COC(C)C)O1.[B][C@H]1C[C@@H](OC(C)C)[C@@H](COP([O-])(=S)O[C@@H]2C[C@H]([B])O[C@@H]2COC(C)C)O1. The summed E-state index contributed by atoms with van der Waals surface area (Å²) in [5, 5.41) is 18.3. The van der Waals surface area contributed by atoms with Crippen molar-refractivity contribution in [2.75, 3.05) is 67.6 Å². The van der Waals surface area contributed by atoms with E-state index in [1.54, 1.807) is 0 Å². The lowest BCUT2D eigenvalue weighted by atomic mass is 9.96. The predicted octanol–water partition coefficient (Wildman–Crippen LogP) is 4.48. The Morgan fingerprint density at radius 3 is 1.08 bits per heavy atom. The zero-order valence-corrected chi connectivity index (χ0v) is 57.0. The van der Waals surface area contributed by atoms with Crippen molar-refractivity contribution < 1.29 is 113 Å².